The fourth-order valence-corrected chi connectivity index (χ4v) is 3.28. The summed E-state index contributed by atoms with van der Waals surface area (Å²) in [6.07, 6.45) is 3.10. The fourth-order valence-electron chi connectivity index (χ4n) is 3.16. The van der Waals surface area contributed by atoms with Crippen LogP contribution in [0.4, 0.5) is 0 Å². The summed E-state index contributed by atoms with van der Waals surface area (Å²) in [7, 11) is 2.10. The van der Waals surface area contributed by atoms with E-state index in [0.29, 0.717) is 24.2 Å². The maximum atomic E-state index is 10.2. The van der Waals surface area contributed by atoms with Crippen molar-refractivity contribution >= 4 is 11.6 Å². The molecule has 1 saturated heterocycles. The third-order valence-corrected chi connectivity index (χ3v) is 4.73. The van der Waals surface area contributed by atoms with Crippen LogP contribution in [0.15, 0.2) is 24.3 Å². The Hall–Kier alpha value is -0.810. The number of benzene rings is 1. The van der Waals surface area contributed by atoms with Crippen molar-refractivity contribution in [2.24, 2.45) is 0 Å². The first-order chi connectivity index (χ1) is 11.1. The van der Waals surface area contributed by atoms with Gasteiger partial charge in [0.1, 0.15) is 18.5 Å². The van der Waals surface area contributed by atoms with E-state index in [1.54, 1.807) is 12.1 Å². The standard InChI is InChI=1S/C18H29ClN2O2/c1-3-10-21-11-8-16(9-12-21)20(2)13-17(22)14-23-18-6-4-15(19)5-7-18/h4-7,16-17,22H,3,8-14H2,1-2H3. The van der Waals surface area contributed by atoms with Crippen LogP contribution in [-0.2, 0) is 0 Å². The lowest BCUT2D eigenvalue weighted by atomic mass is 10.0. The highest BCUT2D eigenvalue weighted by Crippen LogP contribution is 2.17. The molecule has 0 amide bonds. The number of hydrogen-bond donors (Lipinski definition) is 1. The summed E-state index contributed by atoms with van der Waals surface area (Å²) in [4.78, 5) is 4.81. The number of rotatable bonds is 8. The first-order valence-electron chi connectivity index (χ1n) is 8.57. The van der Waals surface area contributed by atoms with Gasteiger partial charge in [-0.2, -0.15) is 0 Å². The molecular formula is C18H29ClN2O2. The zero-order chi connectivity index (χ0) is 16.7. The summed E-state index contributed by atoms with van der Waals surface area (Å²) >= 11 is 5.84. The molecule has 0 radical (unpaired) electrons. The molecule has 0 bridgehead atoms. The molecule has 130 valence electrons. The van der Waals surface area contributed by atoms with E-state index in [4.69, 9.17) is 16.3 Å². The van der Waals surface area contributed by atoms with Crippen molar-refractivity contribution in [2.75, 3.05) is 39.8 Å². The third-order valence-electron chi connectivity index (χ3n) is 4.48. The molecule has 0 aromatic heterocycles. The van der Waals surface area contributed by atoms with Crippen molar-refractivity contribution in [1.29, 1.82) is 0 Å². The van der Waals surface area contributed by atoms with Gasteiger partial charge in [-0.3, -0.25) is 0 Å². The average Bonchev–Trinajstić information content (AvgIpc) is 2.55. The monoisotopic (exact) mass is 340 g/mol. The number of halogens is 1. The number of piperidine rings is 1. The van der Waals surface area contributed by atoms with E-state index in [-0.39, 0.29) is 0 Å². The Balaban J connectivity index is 1.68. The van der Waals surface area contributed by atoms with Gasteiger partial charge >= 0.3 is 0 Å². The van der Waals surface area contributed by atoms with Gasteiger partial charge in [0, 0.05) is 17.6 Å². The fraction of sp³-hybridized carbons (Fsp3) is 0.667. The van der Waals surface area contributed by atoms with Crippen molar-refractivity contribution in [3.63, 3.8) is 0 Å². The maximum Gasteiger partial charge on any atom is 0.119 e. The minimum atomic E-state index is -0.482. The predicted octanol–water partition coefficient (Wildman–Crippen LogP) is 2.89. The van der Waals surface area contributed by atoms with Crippen molar-refractivity contribution in [2.45, 2.75) is 38.3 Å². The first-order valence-corrected chi connectivity index (χ1v) is 8.95. The summed E-state index contributed by atoms with van der Waals surface area (Å²) in [6, 6.07) is 7.79. The summed E-state index contributed by atoms with van der Waals surface area (Å²) < 4.78 is 5.62. The summed E-state index contributed by atoms with van der Waals surface area (Å²) in [5.41, 5.74) is 0. The molecule has 4 nitrogen and oxygen atoms in total. The van der Waals surface area contributed by atoms with Crippen LogP contribution in [0.25, 0.3) is 0 Å². The highest BCUT2D eigenvalue weighted by atomic mass is 35.5. The van der Waals surface area contributed by atoms with Crippen LogP contribution in [0.1, 0.15) is 26.2 Å². The smallest absolute Gasteiger partial charge is 0.119 e. The number of likely N-dealkylation sites (N-methyl/N-ethyl adjacent to an activating group) is 1. The summed E-state index contributed by atoms with van der Waals surface area (Å²) in [6.45, 7) is 6.72. The van der Waals surface area contributed by atoms with E-state index in [1.165, 1.54) is 38.9 Å². The van der Waals surface area contributed by atoms with Crippen molar-refractivity contribution < 1.29 is 9.84 Å². The van der Waals surface area contributed by atoms with E-state index in [1.807, 2.05) is 12.1 Å². The quantitative estimate of drug-likeness (QED) is 0.789. The Bertz CT molecular complexity index is 447. The Kier molecular flexibility index (Phi) is 7.63. The number of aliphatic hydroxyl groups is 1. The lowest BCUT2D eigenvalue weighted by Gasteiger charge is -2.37. The largest absolute Gasteiger partial charge is 0.491 e. The Morgan fingerprint density at radius 2 is 1.96 bits per heavy atom. The average molecular weight is 341 g/mol. The first kappa shape index (κ1) is 18.5. The topological polar surface area (TPSA) is 35.9 Å². The SMILES string of the molecule is CCCN1CCC(N(C)CC(O)COc2ccc(Cl)cc2)CC1. The molecule has 0 aliphatic carbocycles. The lowest BCUT2D eigenvalue weighted by Crippen LogP contribution is -2.46. The Labute approximate surface area is 145 Å². The zero-order valence-electron chi connectivity index (χ0n) is 14.2. The maximum absolute atomic E-state index is 10.2. The van der Waals surface area contributed by atoms with Crippen molar-refractivity contribution in [3.8, 4) is 5.75 Å². The van der Waals surface area contributed by atoms with E-state index < -0.39 is 6.10 Å². The highest BCUT2D eigenvalue weighted by Gasteiger charge is 2.23. The molecule has 0 saturated carbocycles. The van der Waals surface area contributed by atoms with Gasteiger partial charge in [-0.15, -0.1) is 0 Å². The minimum Gasteiger partial charge on any atom is -0.491 e. The van der Waals surface area contributed by atoms with E-state index in [2.05, 4.69) is 23.8 Å². The molecule has 1 N–H and O–H groups in total. The van der Waals surface area contributed by atoms with Gasteiger partial charge in [-0.25, -0.2) is 0 Å². The molecule has 1 aliphatic heterocycles. The van der Waals surface area contributed by atoms with Crippen LogP contribution in [0.2, 0.25) is 5.02 Å². The van der Waals surface area contributed by atoms with Gasteiger partial charge in [0.05, 0.1) is 0 Å². The molecule has 23 heavy (non-hydrogen) atoms. The summed E-state index contributed by atoms with van der Waals surface area (Å²) in [5.74, 6) is 0.740. The van der Waals surface area contributed by atoms with Gasteiger partial charge in [0.15, 0.2) is 0 Å². The molecule has 0 spiro atoms. The minimum absolute atomic E-state index is 0.306. The van der Waals surface area contributed by atoms with Crippen LogP contribution in [0.5, 0.6) is 5.75 Å². The number of likely N-dealkylation sites (tertiary alicyclic amines) is 1. The molecule has 1 aromatic carbocycles. The molecule has 1 aromatic rings. The molecule has 1 unspecified atom stereocenters. The van der Waals surface area contributed by atoms with Crippen molar-refractivity contribution in [3.05, 3.63) is 29.3 Å². The van der Waals surface area contributed by atoms with Crippen LogP contribution >= 0.6 is 11.6 Å². The molecule has 5 heteroatoms. The Morgan fingerprint density at radius 1 is 1.30 bits per heavy atom. The lowest BCUT2D eigenvalue weighted by molar-refractivity contribution is 0.0472. The van der Waals surface area contributed by atoms with Crippen LogP contribution in [0.3, 0.4) is 0 Å². The zero-order valence-corrected chi connectivity index (χ0v) is 15.0. The van der Waals surface area contributed by atoms with Crippen LogP contribution < -0.4 is 4.74 Å². The van der Waals surface area contributed by atoms with E-state index in [0.717, 1.165) is 5.75 Å². The van der Waals surface area contributed by atoms with E-state index >= 15 is 0 Å². The van der Waals surface area contributed by atoms with Gasteiger partial charge < -0.3 is 19.6 Å². The molecule has 1 aliphatic rings. The van der Waals surface area contributed by atoms with Gasteiger partial charge in [-0.1, -0.05) is 18.5 Å². The van der Waals surface area contributed by atoms with E-state index in [9.17, 15) is 5.11 Å². The van der Waals surface area contributed by atoms with Crippen LogP contribution in [-0.4, -0.2) is 66.9 Å². The number of ether oxygens (including phenoxy) is 1. The second kappa shape index (κ2) is 9.48. The van der Waals surface area contributed by atoms with Gasteiger partial charge in [-0.05, 0) is 70.2 Å². The summed E-state index contributed by atoms with van der Waals surface area (Å²) in [5, 5.41) is 10.9. The number of nitrogens with zero attached hydrogens (tertiary/aromatic N) is 2. The van der Waals surface area contributed by atoms with Crippen molar-refractivity contribution in [1.82, 2.24) is 9.80 Å². The Morgan fingerprint density at radius 3 is 2.57 bits per heavy atom. The normalized spacial score (nSPS) is 18.3. The second-order valence-corrected chi connectivity index (χ2v) is 6.87. The van der Waals surface area contributed by atoms with Gasteiger partial charge in [0.2, 0.25) is 0 Å². The van der Waals surface area contributed by atoms with Gasteiger partial charge in [0.25, 0.3) is 0 Å². The molecular weight excluding hydrogens is 312 g/mol. The second-order valence-electron chi connectivity index (χ2n) is 6.43. The number of aliphatic hydroxyl groups excluding tert-OH is 1. The predicted molar refractivity (Wildman–Crippen MR) is 95.3 cm³/mol. The highest BCUT2D eigenvalue weighted by molar-refractivity contribution is 6.30. The molecule has 1 atom stereocenters. The molecule has 2 rings (SSSR count). The molecule has 1 heterocycles. The third kappa shape index (κ3) is 6.30. The number of hydrogen-bond acceptors (Lipinski definition) is 4. The van der Waals surface area contributed by atoms with Crippen LogP contribution in [0, 0.1) is 0 Å². The molecule has 1 fully saturated rings.